The molecule has 10 N–H and O–H groups in total. The SMILES string of the molecule is Nc1cc(C(=O)NCCC(c2ccc(F)cc2)c2ccc(F)cc2)ccn1.Nc1ccc(C(=O)NCCC(c2ccc(F)cc2)c2ccc(F)cc2)cn1.O=C(NCCC(Oc1ccc(F)cc1)c1ccc(F)cc1)c1ccc(CCN2CCCC2)nc1.O=C(NCCC(c1ccc(F)cc1)c1ccc(F)cc1)c1cc[nH]c(=O)c1.O=C(NCCC(c1ccc(F)cc1)c1ccc(F)cc1)c1ccnc(Br)c1. The molecule has 0 aliphatic carbocycles. The fourth-order valence-electron chi connectivity index (χ4n) is 15.7. The lowest BCUT2D eigenvalue weighted by Gasteiger charge is -2.20. The first-order valence-electron chi connectivity index (χ1n) is 45.7. The molecule has 1 atom stereocenters. The molecular weight excluding hydrogens is 1900 g/mol. The number of nitrogen functional groups attached to an aromatic ring is 2. The van der Waals surface area contributed by atoms with Gasteiger partial charge in [0.15, 0.2) is 0 Å². The number of benzene rings is 10. The minimum atomic E-state index is -0.433. The lowest BCUT2D eigenvalue weighted by Crippen LogP contribution is -2.27. The van der Waals surface area contributed by atoms with E-state index in [9.17, 15) is 72.7 Å². The molecule has 20 nitrogen and oxygen atoms in total. The number of hydrogen-bond donors (Lipinski definition) is 8. The standard InChI is InChI=1S/C27H29F2N3O2.C21H17BrF2N2O.2C21H19F2N3O.C21H18F2N2O2/c28-22-6-3-20(4-7-22)26(34-25-11-8-23(29)9-12-25)13-15-30-27(33)21-5-10-24(31-19-21)14-18-32-16-1-2-17-32;22-20-13-16(9-11-25-20)21(27)26-12-10-19(14-1-5-17(23)6-2-14)15-3-7-18(24)8-4-15;22-17-6-1-14(2-7-17)19(15-3-8-18(23)9-4-15)11-12-25-21(27)16-5-10-20(24)26-13-16;22-17-5-1-14(2-6-17)19(15-3-7-18(23)8-4-15)10-12-26-21(27)16-9-11-25-20(24)13-16;22-17-5-1-14(2-6-17)19(15-3-7-18(23)8-4-15)10-12-25-21(27)16-9-11-24-20(26)13-16/h3-12,19,26H,1-2,13-18H2,(H,30,33);1-9,11,13,19H,10,12H2,(H,26,27);1-10,13,19H,11-12H2,(H2,24,26)(H,25,27);1-9,11,13,19H,10,12H2,(H2,24,25)(H,26,27);1-9,11,13,19H,10,12H2,(H,24,26)(H,25,27). The molecule has 1 unspecified atom stereocenters. The van der Waals surface area contributed by atoms with Gasteiger partial charge in [0.2, 0.25) is 5.56 Å². The number of hydrogen-bond acceptors (Lipinski definition) is 14. The van der Waals surface area contributed by atoms with Gasteiger partial charge < -0.3 is 52.7 Å². The fraction of sp³-hybridized carbons (Fsp3) is 0.189. The zero-order valence-electron chi connectivity index (χ0n) is 76.9. The third-order valence-electron chi connectivity index (χ3n) is 23.2. The van der Waals surface area contributed by atoms with E-state index in [4.69, 9.17) is 16.2 Å². The van der Waals surface area contributed by atoms with E-state index < -0.39 is 6.10 Å². The molecule has 142 heavy (non-hydrogen) atoms. The molecule has 1 saturated heterocycles. The van der Waals surface area contributed by atoms with E-state index in [1.807, 2.05) is 6.07 Å². The van der Waals surface area contributed by atoms with Gasteiger partial charge in [-0.3, -0.25) is 33.8 Å². The van der Waals surface area contributed by atoms with Gasteiger partial charge in [0.25, 0.3) is 29.5 Å². The van der Waals surface area contributed by atoms with Crippen molar-refractivity contribution in [3.63, 3.8) is 0 Å². The summed E-state index contributed by atoms with van der Waals surface area (Å²) in [6, 6.07) is 77.2. The van der Waals surface area contributed by atoms with Crippen molar-refractivity contribution in [3.05, 3.63) is 491 Å². The van der Waals surface area contributed by atoms with E-state index >= 15 is 0 Å². The van der Waals surface area contributed by atoms with Crippen LogP contribution >= 0.6 is 15.9 Å². The van der Waals surface area contributed by atoms with E-state index in [2.05, 4.69) is 72.3 Å². The van der Waals surface area contributed by atoms with E-state index in [0.717, 1.165) is 81.8 Å². The van der Waals surface area contributed by atoms with Gasteiger partial charge in [0.1, 0.15) is 86.3 Å². The summed E-state index contributed by atoms with van der Waals surface area (Å²) in [5.74, 6) is -3.82. The summed E-state index contributed by atoms with van der Waals surface area (Å²) in [5.41, 5.74) is 21.8. The molecule has 31 heteroatoms. The average molecular weight is 2000 g/mol. The van der Waals surface area contributed by atoms with E-state index in [-0.39, 0.29) is 128 Å². The van der Waals surface area contributed by atoms with Crippen LogP contribution in [0.4, 0.5) is 55.5 Å². The van der Waals surface area contributed by atoms with Crippen molar-refractivity contribution in [2.24, 2.45) is 0 Å². The Morgan fingerprint density at radius 3 is 0.951 bits per heavy atom. The van der Waals surface area contributed by atoms with Crippen LogP contribution in [0.15, 0.2) is 344 Å². The third kappa shape index (κ3) is 33.8. The number of amides is 5. The van der Waals surface area contributed by atoms with E-state index in [1.54, 1.807) is 170 Å². The summed E-state index contributed by atoms with van der Waals surface area (Å²) in [6.45, 7) is 5.19. The van der Waals surface area contributed by atoms with Gasteiger partial charge in [-0.15, -0.1) is 0 Å². The van der Waals surface area contributed by atoms with Gasteiger partial charge in [-0.25, -0.2) is 58.9 Å². The minimum absolute atomic E-state index is 0.0873. The van der Waals surface area contributed by atoms with Gasteiger partial charge in [-0.1, -0.05) is 109 Å². The number of H-pyrrole nitrogens is 1. The molecule has 16 rings (SSSR count). The zero-order chi connectivity index (χ0) is 101. The highest BCUT2D eigenvalue weighted by atomic mass is 79.9. The Bertz CT molecular complexity index is 6260. The average Bonchev–Trinajstić information content (AvgIpc) is 0.946. The number of nitrogens with one attached hydrogen (secondary N) is 6. The molecule has 1 aliphatic rings. The number of aromatic amines is 1. The number of nitrogens with two attached hydrogens (primary N) is 2. The first-order valence-corrected chi connectivity index (χ1v) is 46.5. The summed E-state index contributed by atoms with van der Waals surface area (Å²) in [5, 5.41) is 14.3. The van der Waals surface area contributed by atoms with Crippen LogP contribution in [-0.2, 0) is 6.42 Å². The summed E-state index contributed by atoms with van der Waals surface area (Å²) in [4.78, 5) is 93.9. The number of ether oxygens (including phenoxy) is 1. The molecule has 1 fully saturated rings. The molecule has 5 amide bonds. The summed E-state index contributed by atoms with van der Waals surface area (Å²) in [6.07, 6.45) is 13.2. The van der Waals surface area contributed by atoms with Crippen LogP contribution in [-0.4, -0.2) is 112 Å². The Morgan fingerprint density at radius 1 is 0.331 bits per heavy atom. The highest BCUT2D eigenvalue weighted by molar-refractivity contribution is 9.10. The van der Waals surface area contributed by atoms with Crippen LogP contribution in [0.5, 0.6) is 5.75 Å². The van der Waals surface area contributed by atoms with E-state index in [0.29, 0.717) is 103 Å². The van der Waals surface area contributed by atoms with Crippen molar-refractivity contribution >= 4 is 57.1 Å². The summed E-state index contributed by atoms with van der Waals surface area (Å²) >= 11 is 3.24. The van der Waals surface area contributed by atoms with Crippen LogP contribution in [0.3, 0.4) is 0 Å². The first kappa shape index (κ1) is 105. The Morgan fingerprint density at radius 2 is 0.634 bits per heavy atom. The number of aromatic nitrogens is 5. The Hall–Kier alpha value is -15.8. The summed E-state index contributed by atoms with van der Waals surface area (Å²) < 4.78 is 139. The largest absolute Gasteiger partial charge is 0.486 e. The number of pyridine rings is 5. The molecule has 0 radical (unpaired) electrons. The van der Waals surface area contributed by atoms with Crippen LogP contribution < -0.4 is 48.3 Å². The van der Waals surface area contributed by atoms with Crippen LogP contribution in [0.2, 0.25) is 0 Å². The number of halogens is 11. The lowest BCUT2D eigenvalue weighted by molar-refractivity contribution is 0.0938. The number of likely N-dealkylation sites (tertiary alicyclic amines) is 1. The Balaban J connectivity index is 0.000000159. The molecular formula is C111H102BrF10N13O7. The molecule has 15 aromatic rings. The maximum atomic E-state index is 13.4. The van der Waals surface area contributed by atoms with Gasteiger partial charge in [-0.05, 0) is 306 Å². The van der Waals surface area contributed by atoms with Crippen molar-refractivity contribution in [1.82, 2.24) is 56.4 Å². The maximum Gasteiger partial charge on any atom is 0.252 e. The quantitative estimate of drug-likeness (QED) is 0.0137. The molecule has 0 spiro atoms. The predicted octanol–water partition coefficient (Wildman–Crippen LogP) is 21.4. The zero-order valence-corrected chi connectivity index (χ0v) is 78.4. The summed E-state index contributed by atoms with van der Waals surface area (Å²) in [7, 11) is 0. The van der Waals surface area contributed by atoms with Crippen molar-refractivity contribution in [3.8, 4) is 5.75 Å². The topological polar surface area (TPSA) is 294 Å². The second-order valence-electron chi connectivity index (χ2n) is 33.0. The molecule has 10 aromatic carbocycles. The van der Waals surface area contributed by atoms with Gasteiger partial charge >= 0.3 is 0 Å². The smallest absolute Gasteiger partial charge is 0.252 e. The van der Waals surface area contributed by atoms with Gasteiger partial charge in [0, 0.05) is 135 Å². The second kappa shape index (κ2) is 54.0. The highest BCUT2D eigenvalue weighted by Crippen LogP contribution is 2.34. The second-order valence-corrected chi connectivity index (χ2v) is 33.9. The molecule has 1 aliphatic heterocycles. The number of nitrogens with zero attached hydrogens (tertiary/aromatic N) is 5. The van der Waals surface area contributed by atoms with Crippen molar-refractivity contribution in [2.45, 2.75) is 81.1 Å². The number of carbonyl (C=O) groups excluding carboxylic acids is 5. The number of anilines is 2. The maximum absolute atomic E-state index is 13.4. The number of carbonyl (C=O) groups is 5. The van der Waals surface area contributed by atoms with Crippen LogP contribution in [0.1, 0.15) is 182 Å². The molecule has 6 heterocycles. The molecule has 0 bridgehead atoms. The minimum Gasteiger partial charge on any atom is -0.486 e. The van der Waals surface area contributed by atoms with Crippen LogP contribution in [0.25, 0.3) is 0 Å². The highest BCUT2D eigenvalue weighted by Gasteiger charge is 2.24. The van der Waals surface area contributed by atoms with Gasteiger partial charge in [-0.2, -0.15) is 0 Å². The van der Waals surface area contributed by atoms with Crippen molar-refractivity contribution in [1.29, 1.82) is 0 Å². The molecule has 0 saturated carbocycles. The van der Waals surface area contributed by atoms with Crippen molar-refractivity contribution in [2.75, 3.05) is 63.8 Å². The normalized spacial score (nSPS) is 11.7. The Kier molecular flexibility index (Phi) is 40.0. The predicted molar refractivity (Wildman–Crippen MR) is 529 cm³/mol. The first-order chi connectivity index (χ1) is 68.7. The molecule has 730 valence electrons. The number of rotatable bonds is 34. The Labute approximate surface area is 823 Å². The van der Waals surface area contributed by atoms with E-state index in [1.165, 1.54) is 171 Å². The fourth-order valence-corrected chi connectivity index (χ4v) is 16.1. The monoisotopic (exact) mass is 2000 g/mol. The van der Waals surface area contributed by atoms with Gasteiger partial charge in [0.05, 0.1) is 11.1 Å². The third-order valence-corrected chi connectivity index (χ3v) is 23.6. The molecule has 5 aromatic heterocycles. The van der Waals surface area contributed by atoms with Crippen molar-refractivity contribution < 1.29 is 72.6 Å². The lowest BCUT2D eigenvalue weighted by atomic mass is 9.88. The van der Waals surface area contributed by atoms with Crippen LogP contribution in [0, 0.1) is 58.2 Å².